The van der Waals surface area contributed by atoms with E-state index >= 15 is 0 Å². The second kappa shape index (κ2) is 8.81. The van der Waals surface area contributed by atoms with Gasteiger partial charge in [-0.2, -0.15) is 0 Å². The van der Waals surface area contributed by atoms with Crippen LogP contribution >= 0.6 is 23.1 Å². The summed E-state index contributed by atoms with van der Waals surface area (Å²) in [6.07, 6.45) is 6.27. The SMILES string of the molecule is CCCCP(=O)(CCCC)COc1ccc(Br)cc1. The molecule has 0 aromatic heterocycles. The highest BCUT2D eigenvalue weighted by Crippen LogP contribution is 2.47. The predicted octanol–water partition coefficient (Wildman–Crippen LogP) is 5.75. The van der Waals surface area contributed by atoms with Crippen molar-refractivity contribution in [3.05, 3.63) is 28.7 Å². The van der Waals surface area contributed by atoms with Gasteiger partial charge in [0.2, 0.25) is 0 Å². The molecule has 0 saturated heterocycles. The second-order valence-corrected chi connectivity index (χ2v) is 9.12. The largest absolute Gasteiger partial charge is 0.486 e. The molecule has 108 valence electrons. The number of benzene rings is 1. The first-order chi connectivity index (χ1) is 9.09. The Morgan fingerprint density at radius 2 is 1.58 bits per heavy atom. The van der Waals surface area contributed by atoms with Gasteiger partial charge in [0.15, 0.2) is 0 Å². The lowest BCUT2D eigenvalue weighted by Gasteiger charge is -2.18. The highest BCUT2D eigenvalue weighted by molar-refractivity contribution is 9.10. The molecule has 4 heteroatoms. The summed E-state index contributed by atoms with van der Waals surface area (Å²) in [5.41, 5.74) is 0. The number of unbranched alkanes of at least 4 members (excludes halogenated alkanes) is 2. The molecule has 0 aliphatic heterocycles. The van der Waals surface area contributed by atoms with Crippen molar-refractivity contribution >= 4 is 23.1 Å². The third kappa shape index (κ3) is 6.63. The lowest BCUT2D eigenvalue weighted by Crippen LogP contribution is -2.06. The number of hydrogen-bond donors (Lipinski definition) is 0. The molecule has 0 atom stereocenters. The minimum atomic E-state index is -2.16. The molecule has 0 radical (unpaired) electrons. The first kappa shape index (κ1) is 16.8. The van der Waals surface area contributed by atoms with Crippen LogP contribution in [0.25, 0.3) is 0 Å². The Balaban J connectivity index is 2.56. The number of halogens is 1. The van der Waals surface area contributed by atoms with Crippen LogP contribution in [0.4, 0.5) is 0 Å². The minimum Gasteiger partial charge on any atom is -0.486 e. The quantitative estimate of drug-likeness (QED) is 0.532. The van der Waals surface area contributed by atoms with Gasteiger partial charge in [-0.25, -0.2) is 0 Å². The summed E-state index contributed by atoms with van der Waals surface area (Å²) in [6, 6.07) is 7.71. The summed E-state index contributed by atoms with van der Waals surface area (Å²) in [5, 5.41) is 0. The molecule has 0 unspecified atom stereocenters. The highest BCUT2D eigenvalue weighted by atomic mass is 79.9. The normalized spacial score (nSPS) is 11.5. The van der Waals surface area contributed by atoms with Crippen molar-refractivity contribution in [1.82, 2.24) is 0 Å². The van der Waals surface area contributed by atoms with Gasteiger partial charge in [-0.15, -0.1) is 0 Å². The molecule has 1 aromatic carbocycles. The zero-order valence-electron chi connectivity index (χ0n) is 11.9. The molecule has 0 N–H and O–H groups in total. The van der Waals surface area contributed by atoms with Crippen LogP contribution in [-0.2, 0) is 4.57 Å². The summed E-state index contributed by atoms with van der Waals surface area (Å²) in [7, 11) is -2.16. The van der Waals surface area contributed by atoms with Crippen LogP contribution < -0.4 is 4.74 Å². The van der Waals surface area contributed by atoms with Gasteiger partial charge in [-0.1, -0.05) is 42.6 Å². The molecule has 2 nitrogen and oxygen atoms in total. The van der Waals surface area contributed by atoms with Gasteiger partial charge >= 0.3 is 0 Å². The molecule has 1 rings (SSSR count). The van der Waals surface area contributed by atoms with E-state index in [1.165, 1.54) is 0 Å². The van der Waals surface area contributed by atoms with E-state index in [1.54, 1.807) is 0 Å². The Morgan fingerprint density at radius 3 is 2.05 bits per heavy atom. The summed E-state index contributed by atoms with van der Waals surface area (Å²) in [5.74, 6) is 0.802. The highest BCUT2D eigenvalue weighted by Gasteiger charge is 2.21. The maximum atomic E-state index is 12.8. The summed E-state index contributed by atoms with van der Waals surface area (Å²) >= 11 is 3.39. The lowest BCUT2D eigenvalue weighted by molar-refractivity contribution is 0.375. The van der Waals surface area contributed by atoms with Crippen LogP contribution in [0, 0.1) is 0 Å². The number of hydrogen-bond acceptors (Lipinski definition) is 2. The van der Waals surface area contributed by atoms with Crippen molar-refractivity contribution in [2.24, 2.45) is 0 Å². The number of rotatable bonds is 9. The minimum absolute atomic E-state index is 0.384. The summed E-state index contributed by atoms with van der Waals surface area (Å²) < 4.78 is 19.6. The zero-order chi connectivity index (χ0) is 14.1. The predicted molar refractivity (Wildman–Crippen MR) is 86.8 cm³/mol. The van der Waals surface area contributed by atoms with E-state index in [-0.39, 0.29) is 0 Å². The van der Waals surface area contributed by atoms with Crippen LogP contribution in [0.1, 0.15) is 39.5 Å². The fourth-order valence-electron chi connectivity index (χ4n) is 1.86. The van der Waals surface area contributed by atoms with E-state index in [0.29, 0.717) is 6.35 Å². The van der Waals surface area contributed by atoms with E-state index < -0.39 is 7.14 Å². The molecular weight excluding hydrogens is 323 g/mol. The van der Waals surface area contributed by atoms with E-state index in [9.17, 15) is 4.57 Å². The van der Waals surface area contributed by atoms with E-state index in [1.807, 2.05) is 24.3 Å². The van der Waals surface area contributed by atoms with E-state index in [2.05, 4.69) is 29.8 Å². The summed E-state index contributed by atoms with van der Waals surface area (Å²) in [6.45, 7) is 4.28. The second-order valence-electron chi connectivity index (χ2n) is 4.94. The Bertz CT molecular complexity index is 391. The average molecular weight is 347 g/mol. The third-order valence-corrected chi connectivity index (χ3v) is 6.51. The molecule has 0 bridgehead atoms. The average Bonchev–Trinajstić information content (AvgIpc) is 2.43. The topological polar surface area (TPSA) is 26.3 Å². The number of ether oxygens (including phenoxy) is 1. The van der Waals surface area contributed by atoms with Gasteiger partial charge < -0.3 is 9.30 Å². The fraction of sp³-hybridized carbons (Fsp3) is 0.600. The van der Waals surface area contributed by atoms with Crippen molar-refractivity contribution in [3.63, 3.8) is 0 Å². The lowest BCUT2D eigenvalue weighted by atomic mass is 10.3. The molecule has 19 heavy (non-hydrogen) atoms. The van der Waals surface area contributed by atoms with Crippen LogP contribution in [0.15, 0.2) is 28.7 Å². The first-order valence-electron chi connectivity index (χ1n) is 7.05. The maximum absolute atomic E-state index is 12.8. The van der Waals surface area contributed by atoms with Crippen LogP contribution in [0.2, 0.25) is 0 Å². The molecule has 1 aromatic rings. The van der Waals surface area contributed by atoms with Gasteiger partial charge in [0.25, 0.3) is 0 Å². The Hall–Kier alpha value is -0.270. The van der Waals surface area contributed by atoms with Gasteiger partial charge in [0.05, 0.1) is 0 Å². The van der Waals surface area contributed by atoms with E-state index in [4.69, 9.17) is 4.74 Å². The molecule has 0 saturated carbocycles. The maximum Gasteiger partial charge on any atom is 0.141 e. The van der Waals surface area contributed by atoms with Crippen LogP contribution in [0.5, 0.6) is 5.75 Å². The Kier molecular flexibility index (Phi) is 7.78. The molecule has 0 spiro atoms. The van der Waals surface area contributed by atoms with Crippen molar-refractivity contribution in [2.45, 2.75) is 39.5 Å². The van der Waals surface area contributed by atoms with Gasteiger partial charge in [0.1, 0.15) is 19.2 Å². The van der Waals surface area contributed by atoms with Gasteiger partial charge in [-0.3, -0.25) is 0 Å². The monoisotopic (exact) mass is 346 g/mol. The molecular formula is C15H24BrO2P. The molecule has 0 heterocycles. The molecule has 0 amide bonds. The van der Waals surface area contributed by atoms with Crippen molar-refractivity contribution < 1.29 is 9.30 Å². The smallest absolute Gasteiger partial charge is 0.141 e. The van der Waals surface area contributed by atoms with Gasteiger partial charge in [-0.05, 0) is 37.1 Å². The van der Waals surface area contributed by atoms with Crippen molar-refractivity contribution in [3.8, 4) is 5.75 Å². The van der Waals surface area contributed by atoms with E-state index in [0.717, 1.165) is 48.2 Å². The third-order valence-electron chi connectivity index (χ3n) is 3.12. The molecule has 0 fully saturated rings. The van der Waals surface area contributed by atoms with Crippen molar-refractivity contribution in [2.75, 3.05) is 18.7 Å². The molecule has 0 aliphatic rings. The molecule has 0 aliphatic carbocycles. The van der Waals surface area contributed by atoms with Crippen LogP contribution in [0.3, 0.4) is 0 Å². The fourth-order valence-corrected chi connectivity index (χ4v) is 4.77. The first-order valence-corrected chi connectivity index (χ1v) is 10.1. The van der Waals surface area contributed by atoms with Crippen LogP contribution in [-0.4, -0.2) is 18.7 Å². The summed E-state index contributed by atoms with van der Waals surface area (Å²) in [4.78, 5) is 0. The zero-order valence-corrected chi connectivity index (χ0v) is 14.4. The van der Waals surface area contributed by atoms with Gasteiger partial charge in [0, 0.05) is 16.8 Å². The standard InChI is InChI=1S/C15H24BrO2P/c1-3-5-11-19(17,12-6-4-2)13-18-15-9-7-14(16)8-10-15/h7-10H,3-6,11-13H2,1-2H3. The Morgan fingerprint density at radius 1 is 1.05 bits per heavy atom. The Labute approximate surface area is 125 Å². The van der Waals surface area contributed by atoms with Crippen molar-refractivity contribution in [1.29, 1.82) is 0 Å².